The fraction of sp³-hybridized carbons (Fsp3) is 0.300. The molecule has 0 aromatic heterocycles. The Bertz CT molecular complexity index is 1190. The summed E-state index contributed by atoms with van der Waals surface area (Å²) in [6.07, 6.45) is 0.933. The van der Waals surface area contributed by atoms with Gasteiger partial charge in [0, 0.05) is 24.0 Å². The largest absolute Gasteiger partial charge is 0.465 e. The Morgan fingerprint density at radius 3 is 1.87 bits per heavy atom. The van der Waals surface area contributed by atoms with Gasteiger partial charge in [-0.2, -0.15) is 0 Å². The Labute approximate surface area is 225 Å². The van der Waals surface area contributed by atoms with Gasteiger partial charge in [-0.25, -0.2) is 9.59 Å². The topological polar surface area (TPSA) is 93.7 Å². The highest BCUT2D eigenvalue weighted by atomic mass is 31.1. The molecule has 0 heterocycles. The molecule has 0 radical (unpaired) electrons. The van der Waals surface area contributed by atoms with Crippen molar-refractivity contribution in [3.63, 3.8) is 0 Å². The number of hydrogen-bond donors (Lipinski definition) is 2. The zero-order chi connectivity index (χ0) is 27.5. The van der Waals surface area contributed by atoms with Crippen molar-refractivity contribution >= 4 is 41.8 Å². The highest BCUT2D eigenvalue weighted by molar-refractivity contribution is 7.80. The number of alkyl carbamates (subject to hydrolysis) is 1. The summed E-state index contributed by atoms with van der Waals surface area (Å²) < 4.78 is 10.3. The number of carbonyl (C=O) groups is 3. The van der Waals surface area contributed by atoms with E-state index in [9.17, 15) is 14.4 Å². The van der Waals surface area contributed by atoms with Crippen molar-refractivity contribution in [3.05, 3.63) is 90.0 Å². The van der Waals surface area contributed by atoms with Crippen molar-refractivity contribution in [2.45, 2.75) is 39.2 Å². The summed E-state index contributed by atoms with van der Waals surface area (Å²) in [5.74, 6) is -0.664. The molecule has 8 heteroatoms. The third-order valence-corrected chi connectivity index (χ3v) is 7.97. The third-order valence-electron chi connectivity index (χ3n) is 5.49. The number of esters is 1. The van der Waals surface area contributed by atoms with Crippen LogP contribution < -0.4 is 26.5 Å². The number of methoxy groups -OCH3 is 1. The molecule has 200 valence electrons. The first-order chi connectivity index (χ1) is 18.2. The Hall–Kier alpha value is -3.70. The predicted molar refractivity (Wildman–Crippen MR) is 152 cm³/mol. The highest BCUT2D eigenvalue weighted by Gasteiger charge is 2.24. The molecule has 0 fully saturated rings. The van der Waals surface area contributed by atoms with Crippen LogP contribution in [0, 0.1) is 0 Å². The quantitative estimate of drug-likeness (QED) is 0.230. The van der Waals surface area contributed by atoms with Gasteiger partial charge in [0.05, 0.1) is 12.7 Å². The molecule has 0 bridgehead atoms. The van der Waals surface area contributed by atoms with E-state index in [1.807, 2.05) is 81.4 Å². The van der Waals surface area contributed by atoms with Crippen molar-refractivity contribution in [1.29, 1.82) is 0 Å². The summed E-state index contributed by atoms with van der Waals surface area (Å²) in [5.41, 5.74) is 0.372. The van der Waals surface area contributed by atoms with Gasteiger partial charge in [0.25, 0.3) is 5.91 Å². The molecule has 2 amide bonds. The predicted octanol–water partition coefficient (Wildman–Crippen LogP) is 4.27. The Balaban J connectivity index is 1.75. The number of carbonyl (C=O) groups excluding carboxylic acids is 3. The second-order valence-corrected chi connectivity index (χ2v) is 11.8. The van der Waals surface area contributed by atoms with E-state index < -0.39 is 25.6 Å². The number of unbranched alkanes of at least 4 members (excludes halogenated alkanes) is 1. The summed E-state index contributed by atoms with van der Waals surface area (Å²) in [4.78, 5) is 37.5. The maximum absolute atomic E-state index is 13.0. The van der Waals surface area contributed by atoms with Crippen LogP contribution in [0.3, 0.4) is 0 Å². The number of amides is 2. The maximum atomic E-state index is 13.0. The van der Waals surface area contributed by atoms with E-state index >= 15 is 0 Å². The summed E-state index contributed by atoms with van der Waals surface area (Å²) in [7, 11) is 0.243. The summed E-state index contributed by atoms with van der Waals surface area (Å²) >= 11 is 0. The Kier molecular flexibility index (Phi) is 10.4. The lowest BCUT2D eigenvalue weighted by molar-refractivity contribution is 0.0525. The number of ether oxygens (including phenoxy) is 2. The van der Waals surface area contributed by atoms with Gasteiger partial charge in [0.2, 0.25) is 0 Å². The minimum atomic E-state index is -1.12. The smallest absolute Gasteiger partial charge is 0.407 e. The van der Waals surface area contributed by atoms with Crippen molar-refractivity contribution in [2.24, 2.45) is 0 Å². The van der Waals surface area contributed by atoms with E-state index in [2.05, 4.69) is 10.6 Å². The van der Waals surface area contributed by atoms with Crippen molar-refractivity contribution in [1.82, 2.24) is 10.6 Å². The van der Waals surface area contributed by atoms with Crippen LogP contribution in [0.15, 0.2) is 78.9 Å². The van der Waals surface area contributed by atoms with Crippen LogP contribution in [0.5, 0.6) is 0 Å². The third kappa shape index (κ3) is 8.42. The van der Waals surface area contributed by atoms with Crippen LogP contribution in [0.25, 0.3) is 0 Å². The van der Waals surface area contributed by atoms with Gasteiger partial charge in [-0.15, -0.1) is 0 Å². The average Bonchev–Trinajstić information content (AvgIpc) is 2.90. The van der Waals surface area contributed by atoms with Gasteiger partial charge in [0.1, 0.15) is 5.60 Å². The van der Waals surface area contributed by atoms with Gasteiger partial charge in [-0.3, -0.25) is 4.79 Å². The van der Waals surface area contributed by atoms with Gasteiger partial charge >= 0.3 is 12.1 Å². The number of rotatable bonds is 10. The molecule has 0 saturated heterocycles. The molecular formula is C30H35N2O5P. The van der Waals surface area contributed by atoms with E-state index in [4.69, 9.17) is 9.47 Å². The molecule has 7 nitrogen and oxygen atoms in total. The second kappa shape index (κ2) is 13.7. The molecule has 0 aliphatic carbocycles. The molecular weight excluding hydrogens is 499 g/mol. The van der Waals surface area contributed by atoms with Crippen LogP contribution in [0.1, 0.15) is 54.3 Å². The monoisotopic (exact) mass is 534 g/mol. The molecule has 0 aliphatic rings. The first kappa shape index (κ1) is 28.9. The SMILES string of the molecule is COC(=O)c1ccc(C(=O)NCCCCNC(=O)OC(C)(C)C)cc1P(c1ccccc1)c1ccccc1. The summed E-state index contributed by atoms with van der Waals surface area (Å²) in [6, 6.07) is 25.1. The van der Waals surface area contributed by atoms with Gasteiger partial charge < -0.3 is 20.1 Å². The van der Waals surface area contributed by atoms with Crippen molar-refractivity contribution < 1.29 is 23.9 Å². The van der Waals surface area contributed by atoms with Crippen molar-refractivity contribution in [3.8, 4) is 0 Å². The molecule has 0 spiro atoms. The lowest BCUT2D eigenvalue weighted by atomic mass is 10.1. The summed E-state index contributed by atoms with van der Waals surface area (Å²) in [6.45, 7) is 6.35. The van der Waals surface area contributed by atoms with E-state index in [0.29, 0.717) is 37.1 Å². The fourth-order valence-corrected chi connectivity index (χ4v) is 6.25. The van der Waals surface area contributed by atoms with E-state index in [0.717, 1.165) is 15.9 Å². The molecule has 3 rings (SSSR count). The molecule has 3 aromatic rings. The Morgan fingerprint density at radius 1 is 0.789 bits per heavy atom. The first-order valence-electron chi connectivity index (χ1n) is 12.6. The second-order valence-electron chi connectivity index (χ2n) is 9.62. The lowest BCUT2D eigenvalue weighted by Gasteiger charge is -2.22. The number of hydrogen-bond acceptors (Lipinski definition) is 5. The van der Waals surface area contributed by atoms with Gasteiger partial charge in [-0.1, -0.05) is 60.7 Å². The molecule has 38 heavy (non-hydrogen) atoms. The average molecular weight is 535 g/mol. The number of benzene rings is 3. The molecule has 0 atom stereocenters. The van der Waals surface area contributed by atoms with Gasteiger partial charge in [0.15, 0.2) is 0 Å². The molecule has 0 unspecified atom stereocenters. The highest BCUT2D eigenvalue weighted by Crippen LogP contribution is 2.34. The van der Waals surface area contributed by atoms with E-state index in [-0.39, 0.29) is 5.91 Å². The molecule has 3 aromatic carbocycles. The van der Waals surface area contributed by atoms with Gasteiger partial charge in [-0.05, 0) is 70.3 Å². The van der Waals surface area contributed by atoms with Crippen LogP contribution in [0.4, 0.5) is 4.79 Å². The fourth-order valence-electron chi connectivity index (χ4n) is 3.78. The first-order valence-corrected chi connectivity index (χ1v) is 13.9. The number of nitrogens with one attached hydrogen (secondary N) is 2. The van der Waals surface area contributed by atoms with E-state index in [1.54, 1.807) is 18.2 Å². The minimum absolute atomic E-state index is 0.223. The Morgan fingerprint density at radius 2 is 1.34 bits per heavy atom. The van der Waals surface area contributed by atoms with Crippen LogP contribution in [-0.2, 0) is 9.47 Å². The van der Waals surface area contributed by atoms with Crippen LogP contribution >= 0.6 is 7.92 Å². The molecule has 2 N–H and O–H groups in total. The zero-order valence-electron chi connectivity index (χ0n) is 22.3. The van der Waals surface area contributed by atoms with E-state index in [1.165, 1.54) is 7.11 Å². The van der Waals surface area contributed by atoms with Crippen LogP contribution in [0.2, 0.25) is 0 Å². The molecule has 0 aliphatic heterocycles. The lowest BCUT2D eigenvalue weighted by Crippen LogP contribution is -2.33. The zero-order valence-corrected chi connectivity index (χ0v) is 23.2. The molecule has 0 saturated carbocycles. The normalized spacial score (nSPS) is 11.1. The van der Waals surface area contributed by atoms with Crippen LogP contribution in [-0.4, -0.2) is 43.8 Å². The standard InChI is InChI=1S/C30H35N2O5P/c1-30(2,3)37-29(35)32-20-12-11-19-31-27(33)22-17-18-25(28(34)36-4)26(21-22)38(23-13-7-5-8-14-23)24-15-9-6-10-16-24/h5-10,13-18,21H,11-12,19-20H2,1-4H3,(H,31,33)(H,32,35). The van der Waals surface area contributed by atoms with Crippen molar-refractivity contribution in [2.75, 3.05) is 20.2 Å². The minimum Gasteiger partial charge on any atom is -0.465 e. The maximum Gasteiger partial charge on any atom is 0.407 e. The summed E-state index contributed by atoms with van der Waals surface area (Å²) in [5, 5.41) is 8.55.